The molecular formula is C16H19Cl2N5O2S. The first-order valence-electron chi connectivity index (χ1n) is 8.13. The Morgan fingerprint density at radius 3 is 2.58 bits per heavy atom. The van der Waals surface area contributed by atoms with Crippen LogP contribution in [0, 0.1) is 0 Å². The molecule has 3 rings (SSSR count). The fourth-order valence-electron chi connectivity index (χ4n) is 2.98. The Morgan fingerprint density at radius 2 is 1.96 bits per heavy atom. The molecule has 1 N–H and O–H groups in total. The van der Waals surface area contributed by atoms with Gasteiger partial charge in [-0.2, -0.15) is 0 Å². The lowest BCUT2D eigenvalue weighted by atomic mass is 9.97. The first-order valence-corrected chi connectivity index (χ1v) is 9.70. The monoisotopic (exact) mass is 415 g/mol. The SMILES string of the molecule is CC(C)(Cc1nnc(-c2cnc(Cl)cc2Cl)s1)N1CCN(C(=O)O)CC1. The first-order chi connectivity index (χ1) is 12.3. The second-order valence-electron chi connectivity index (χ2n) is 6.73. The van der Waals surface area contributed by atoms with Gasteiger partial charge in [0.15, 0.2) is 5.01 Å². The third kappa shape index (κ3) is 4.25. The van der Waals surface area contributed by atoms with E-state index in [4.69, 9.17) is 28.3 Å². The van der Waals surface area contributed by atoms with Crippen LogP contribution in [0.5, 0.6) is 0 Å². The molecule has 1 saturated heterocycles. The van der Waals surface area contributed by atoms with Crippen LogP contribution in [0.25, 0.3) is 10.6 Å². The summed E-state index contributed by atoms with van der Waals surface area (Å²) in [4.78, 5) is 18.9. The van der Waals surface area contributed by atoms with Crippen LogP contribution >= 0.6 is 34.5 Å². The number of nitrogens with zero attached hydrogens (tertiary/aromatic N) is 5. The molecule has 1 aliphatic rings. The van der Waals surface area contributed by atoms with Crippen LogP contribution in [-0.4, -0.2) is 67.9 Å². The van der Waals surface area contributed by atoms with Crippen molar-refractivity contribution in [2.24, 2.45) is 0 Å². The molecule has 1 amide bonds. The summed E-state index contributed by atoms with van der Waals surface area (Å²) < 4.78 is 0. The van der Waals surface area contributed by atoms with Crippen molar-refractivity contribution in [3.63, 3.8) is 0 Å². The van der Waals surface area contributed by atoms with Crippen molar-refractivity contribution in [2.45, 2.75) is 25.8 Å². The topological polar surface area (TPSA) is 82.5 Å². The molecule has 2 aromatic rings. The highest BCUT2D eigenvalue weighted by Crippen LogP contribution is 2.32. The van der Waals surface area contributed by atoms with E-state index in [1.165, 1.54) is 16.2 Å². The van der Waals surface area contributed by atoms with E-state index in [9.17, 15) is 4.79 Å². The Labute approximate surface area is 165 Å². The lowest BCUT2D eigenvalue weighted by Crippen LogP contribution is -2.56. The van der Waals surface area contributed by atoms with Crippen molar-refractivity contribution in [1.29, 1.82) is 0 Å². The predicted octanol–water partition coefficient (Wildman–Crippen LogP) is 3.52. The van der Waals surface area contributed by atoms with Gasteiger partial charge in [-0.25, -0.2) is 9.78 Å². The molecule has 1 aliphatic heterocycles. The van der Waals surface area contributed by atoms with Gasteiger partial charge in [0.05, 0.1) is 5.02 Å². The first kappa shape index (κ1) is 19.3. The predicted molar refractivity (Wildman–Crippen MR) is 102 cm³/mol. The van der Waals surface area contributed by atoms with E-state index in [2.05, 4.69) is 33.9 Å². The van der Waals surface area contributed by atoms with Crippen molar-refractivity contribution >= 4 is 40.6 Å². The summed E-state index contributed by atoms with van der Waals surface area (Å²) in [5.74, 6) is 0. The van der Waals surface area contributed by atoms with Crippen LogP contribution in [0.15, 0.2) is 12.3 Å². The highest BCUT2D eigenvalue weighted by molar-refractivity contribution is 7.14. The summed E-state index contributed by atoms with van der Waals surface area (Å²) in [6.07, 6.45) is 1.46. The molecule has 1 fully saturated rings. The van der Waals surface area contributed by atoms with Gasteiger partial charge in [-0.1, -0.05) is 34.5 Å². The molecule has 0 bridgehead atoms. The lowest BCUT2D eigenvalue weighted by Gasteiger charge is -2.43. The molecule has 0 unspecified atom stereocenters. The number of carboxylic acid groups (broad SMARTS) is 1. The van der Waals surface area contributed by atoms with Gasteiger partial charge < -0.3 is 10.0 Å². The van der Waals surface area contributed by atoms with Crippen molar-refractivity contribution in [1.82, 2.24) is 25.0 Å². The molecule has 0 radical (unpaired) electrons. The number of carbonyl (C=O) groups is 1. The quantitative estimate of drug-likeness (QED) is 0.768. The molecule has 140 valence electrons. The maximum absolute atomic E-state index is 11.1. The van der Waals surface area contributed by atoms with E-state index in [-0.39, 0.29) is 5.54 Å². The average Bonchev–Trinajstić information content (AvgIpc) is 3.02. The molecule has 7 nitrogen and oxygen atoms in total. The van der Waals surface area contributed by atoms with Crippen LogP contribution in [0.4, 0.5) is 4.79 Å². The molecule has 26 heavy (non-hydrogen) atoms. The summed E-state index contributed by atoms with van der Waals surface area (Å²) >= 11 is 13.5. The third-order valence-electron chi connectivity index (χ3n) is 4.51. The zero-order chi connectivity index (χ0) is 18.9. The van der Waals surface area contributed by atoms with Gasteiger partial charge in [-0.15, -0.1) is 10.2 Å². The fourth-order valence-corrected chi connectivity index (χ4v) is 4.58. The van der Waals surface area contributed by atoms with E-state index in [0.717, 1.165) is 11.4 Å². The van der Waals surface area contributed by atoms with Crippen molar-refractivity contribution in [3.05, 3.63) is 27.4 Å². The van der Waals surface area contributed by atoms with Gasteiger partial charge in [0.25, 0.3) is 0 Å². The number of aromatic nitrogens is 3. The summed E-state index contributed by atoms with van der Waals surface area (Å²) in [7, 11) is 0. The molecule has 0 saturated carbocycles. The molecular weight excluding hydrogens is 397 g/mol. The Hall–Kier alpha value is -1.48. The fraction of sp³-hybridized carbons (Fsp3) is 0.500. The van der Waals surface area contributed by atoms with E-state index in [1.807, 2.05) is 0 Å². The van der Waals surface area contributed by atoms with Crippen LogP contribution in [0.3, 0.4) is 0 Å². The number of rotatable bonds is 4. The maximum Gasteiger partial charge on any atom is 0.407 e. The highest BCUT2D eigenvalue weighted by Gasteiger charge is 2.32. The van der Waals surface area contributed by atoms with Gasteiger partial charge in [0.2, 0.25) is 0 Å². The van der Waals surface area contributed by atoms with Gasteiger partial charge in [0.1, 0.15) is 10.2 Å². The second-order valence-corrected chi connectivity index (χ2v) is 8.59. The van der Waals surface area contributed by atoms with Crippen molar-refractivity contribution in [3.8, 4) is 10.6 Å². The Morgan fingerprint density at radius 1 is 1.27 bits per heavy atom. The molecule has 0 spiro atoms. The van der Waals surface area contributed by atoms with Crippen molar-refractivity contribution < 1.29 is 9.90 Å². The second kappa shape index (κ2) is 7.64. The van der Waals surface area contributed by atoms with Crippen LogP contribution in [-0.2, 0) is 6.42 Å². The van der Waals surface area contributed by atoms with Crippen LogP contribution in [0.1, 0.15) is 18.9 Å². The largest absolute Gasteiger partial charge is 0.465 e. The number of amides is 1. The summed E-state index contributed by atoms with van der Waals surface area (Å²) in [5.41, 5.74) is 0.566. The lowest BCUT2D eigenvalue weighted by molar-refractivity contribution is 0.0514. The van der Waals surface area contributed by atoms with E-state index in [0.29, 0.717) is 46.9 Å². The minimum Gasteiger partial charge on any atom is -0.465 e. The van der Waals surface area contributed by atoms with Crippen molar-refractivity contribution in [2.75, 3.05) is 26.2 Å². The van der Waals surface area contributed by atoms with Crippen LogP contribution in [0.2, 0.25) is 10.2 Å². The molecule has 0 aromatic carbocycles. The standard InChI is InChI=1S/C16H19Cl2N5O2S/c1-16(2,23-5-3-22(4-6-23)15(24)25)8-13-20-21-14(26-13)10-9-19-12(18)7-11(10)17/h7,9H,3-6,8H2,1-2H3,(H,24,25). The van der Waals surface area contributed by atoms with Crippen LogP contribution < -0.4 is 0 Å². The zero-order valence-electron chi connectivity index (χ0n) is 14.4. The zero-order valence-corrected chi connectivity index (χ0v) is 16.8. The normalized spacial score (nSPS) is 16.1. The van der Waals surface area contributed by atoms with E-state index < -0.39 is 6.09 Å². The summed E-state index contributed by atoms with van der Waals surface area (Å²) in [6, 6.07) is 1.59. The van der Waals surface area contributed by atoms with Gasteiger partial charge in [-0.05, 0) is 19.9 Å². The number of piperazine rings is 1. The summed E-state index contributed by atoms with van der Waals surface area (Å²) in [5, 5.41) is 20.1. The third-order valence-corrected chi connectivity index (χ3v) is 5.98. The Kier molecular flexibility index (Phi) is 5.67. The highest BCUT2D eigenvalue weighted by atomic mass is 35.5. The minimum atomic E-state index is -0.857. The number of pyridine rings is 1. The molecule has 2 aromatic heterocycles. The maximum atomic E-state index is 11.1. The Balaban J connectivity index is 1.69. The number of hydrogen-bond donors (Lipinski definition) is 1. The molecule has 0 aliphatic carbocycles. The number of hydrogen-bond acceptors (Lipinski definition) is 6. The molecule has 0 atom stereocenters. The van der Waals surface area contributed by atoms with Gasteiger partial charge >= 0.3 is 6.09 Å². The summed E-state index contributed by atoms with van der Waals surface area (Å²) in [6.45, 7) is 6.73. The van der Waals surface area contributed by atoms with Gasteiger partial charge in [0, 0.05) is 49.9 Å². The number of halogens is 2. The average molecular weight is 416 g/mol. The van der Waals surface area contributed by atoms with E-state index in [1.54, 1.807) is 12.3 Å². The molecule has 10 heteroatoms. The minimum absolute atomic E-state index is 0.149. The Bertz CT molecular complexity index is 806. The van der Waals surface area contributed by atoms with E-state index >= 15 is 0 Å². The smallest absolute Gasteiger partial charge is 0.407 e. The van der Waals surface area contributed by atoms with Gasteiger partial charge in [-0.3, -0.25) is 4.90 Å². The molecule has 3 heterocycles.